The van der Waals surface area contributed by atoms with Crippen molar-refractivity contribution in [3.8, 4) is 5.69 Å². The van der Waals surface area contributed by atoms with Crippen molar-refractivity contribution in [1.29, 1.82) is 0 Å². The molecule has 0 radical (unpaired) electrons. The van der Waals surface area contributed by atoms with Gasteiger partial charge in [-0.1, -0.05) is 37.2 Å². The molecule has 0 saturated carbocycles. The summed E-state index contributed by atoms with van der Waals surface area (Å²) in [5.41, 5.74) is 2.68. The van der Waals surface area contributed by atoms with E-state index in [1.165, 1.54) is 0 Å². The van der Waals surface area contributed by atoms with Gasteiger partial charge in [-0.05, 0) is 26.0 Å². The second kappa shape index (κ2) is 6.88. The highest BCUT2D eigenvalue weighted by Crippen LogP contribution is 2.19. The fraction of sp³-hybridized carbons (Fsp3) is 0.333. The Hall–Kier alpha value is -2.96. The molecule has 130 valence electrons. The molecule has 0 fully saturated rings. The van der Waals surface area contributed by atoms with E-state index < -0.39 is 5.97 Å². The van der Waals surface area contributed by atoms with E-state index in [2.05, 4.69) is 15.2 Å². The predicted octanol–water partition coefficient (Wildman–Crippen LogP) is 3.35. The number of hydrogen-bond donors (Lipinski definition) is 0. The lowest BCUT2D eigenvalue weighted by Crippen LogP contribution is -2.08. The van der Waals surface area contributed by atoms with Crippen LogP contribution in [-0.2, 0) is 11.3 Å². The first-order chi connectivity index (χ1) is 12.0. The number of carbonyl (C=O) groups excluding carboxylic acids is 1. The number of ether oxygens (including phenoxy) is 1. The quantitative estimate of drug-likeness (QED) is 0.662. The summed E-state index contributed by atoms with van der Waals surface area (Å²) >= 11 is 0. The van der Waals surface area contributed by atoms with Gasteiger partial charge >= 0.3 is 5.97 Å². The Labute approximate surface area is 145 Å². The van der Waals surface area contributed by atoms with E-state index >= 15 is 0 Å². The first-order valence-corrected chi connectivity index (χ1v) is 8.08. The molecule has 0 amide bonds. The lowest BCUT2D eigenvalue weighted by atomic mass is 10.2. The molecule has 7 nitrogen and oxygen atoms in total. The Morgan fingerprint density at radius 3 is 2.60 bits per heavy atom. The molecule has 0 aliphatic heterocycles. The molecule has 3 aromatic rings. The van der Waals surface area contributed by atoms with Crippen LogP contribution in [0.1, 0.15) is 53.2 Å². The summed E-state index contributed by atoms with van der Waals surface area (Å²) in [4.78, 5) is 16.7. The summed E-state index contributed by atoms with van der Waals surface area (Å²) < 4.78 is 12.1. The normalized spacial score (nSPS) is 11.1. The molecule has 0 saturated heterocycles. The largest absolute Gasteiger partial charge is 0.452 e. The highest BCUT2D eigenvalue weighted by Gasteiger charge is 2.21. The van der Waals surface area contributed by atoms with E-state index in [0.29, 0.717) is 17.1 Å². The number of nitrogens with zero attached hydrogens (tertiary/aromatic N) is 4. The van der Waals surface area contributed by atoms with Crippen molar-refractivity contribution in [3.63, 3.8) is 0 Å². The predicted molar refractivity (Wildman–Crippen MR) is 90.5 cm³/mol. The zero-order chi connectivity index (χ0) is 18.0. The highest BCUT2D eigenvalue weighted by molar-refractivity contribution is 5.92. The Balaban J connectivity index is 1.77. The minimum absolute atomic E-state index is 0.0616. The van der Waals surface area contributed by atoms with Crippen LogP contribution in [0.15, 0.2) is 34.9 Å². The first kappa shape index (κ1) is 16.9. The summed E-state index contributed by atoms with van der Waals surface area (Å²) in [6.07, 6.45) is 0. The lowest BCUT2D eigenvalue weighted by Gasteiger charge is -2.05. The van der Waals surface area contributed by atoms with E-state index in [1.54, 1.807) is 11.6 Å². The van der Waals surface area contributed by atoms with Gasteiger partial charge in [-0.25, -0.2) is 9.48 Å². The molecule has 25 heavy (non-hydrogen) atoms. The summed E-state index contributed by atoms with van der Waals surface area (Å²) in [6.45, 7) is 7.49. The SMILES string of the molecule is Cc1nn(-c2ccccc2)c(C)c1C(=O)OCc1nc(C(C)C)no1. The van der Waals surface area contributed by atoms with Gasteiger partial charge < -0.3 is 9.26 Å². The summed E-state index contributed by atoms with van der Waals surface area (Å²) in [7, 11) is 0. The van der Waals surface area contributed by atoms with Crippen molar-refractivity contribution < 1.29 is 14.1 Å². The number of carbonyl (C=O) groups is 1. The van der Waals surface area contributed by atoms with E-state index in [0.717, 1.165) is 11.4 Å². The van der Waals surface area contributed by atoms with Crippen molar-refractivity contribution >= 4 is 5.97 Å². The third-order valence-electron chi connectivity index (χ3n) is 3.82. The number of aryl methyl sites for hydroxylation is 1. The molecule has 2 heterocycles. The van der Waals surface area contributed by atoms with Crippen LogP contribution in [0.25, 0.3) is 5.69 Å². The maximum Gasteiger partial charge on any atom is 0.342 e. The average molecular weight is 340 g/mol. The standard InChI is InChI=1S/C18H20N4O3/c1-11(2)17-19-15(25-21-17)10-24-18(23)16-12(3)20-22(13(16)4)14-8-6-5-7-9-14/h5-9,11H,10H2,1-4H3. The van der Waals surface area contributed by atoms with Crippen LogP contribution in [0.5, 0.6) is 0 Å². The fourth-order valence-corrected chi connectivity index (χ4v) is 2.52. The van der Waals surface area contributed by atoms with Gasteiger partial charge in [0.2, 0.25) is 0 Å². The fourth-order valence-electron chi connectivity index (χ4n) is 2.52. The molecule has 1 aromatic carbocycles. The van der Waals surface area contributed by atoms with Gasteiger partial charge in [0, 0.05) is 5.92 Å². The van der Waals surface area contributed by atoms with Crippen LogP contribution in [0.2, 0.25) is 0 Å². The van der Waals surface area contributed by atoms with Crippen molar-refractivity contribution in [2.45, 2.75) is 40.2 Å². The summed E-state index contributed by atoms with van der Waals surface area (Å²) in [5.74, 6) is 0.571. The number of benzene rings is 1. The smallest absolute Gasteiger partial charge is 0.342 e. The van der Waals surface area contributed by atoms with E-state index in [1.807, 2.05) is 51.1 Å². The molecule has 7 heteroatoms. The van der Waals surface area contributed by atoms with Gasteiger partial charge in [-0.2, -0.15) is 10.1 Å². The molecular weight excluding hydrogens is 320 g/mol. The van der Waals surface area contributed by atoms with Gasteiger partial charge in [0.15, 0.2) is 12.4 Å². The average Bonchev–Trinajstić information content (AvgIpc) is 3.18. The molecule has 0 unspecified atom stereocenters. The first-order valence-electron chi connectivity index (χ1n) is 8.08. The number of para-hydroxylation sites is 1. The van der Waals surface area contributed by atoms with Crippen molar-refractivity contribution in [2.24, 2.45) is 0 Å². The minimum Gasteiger partial charge on any atom is -0.452 e. The molecule has 2 aromatic heterocycles. The van der Waals surface area contributed by atoms with E-state index in [9.17, 15) is 4.79 Å². The molecule has 3 rings (SSSR count). The van der Waals surface area contributed by atoms with Crippen molar-refractivity contribution in [1.82, 2.24) is 19.9 Å². The zero-order valence-electron chi connectivity index (χ0n) is 14.7. The molecule has 0 spiro atoms. The van der Waals surface area contributed by atoms with E-state index in [-0.39, 0.29) is 18.4 Å². The molecule has 0 bridgehead atoms. The maximum absolute atomic E-state index is 12.5. The number of esters is 1. The second-order valence-corrected chi connectivity index (χ2v) is 6.07. The third kappa shape index (κ3) is 3.45. The van der Waals surface area contributed by atoms with Crippen LogP contribution >= 0.6 is 0 Å². The van der Waals surface area contributed by atoms with Crippen molar-refractivity contribution in [3.05, 3.63) is 59.0 Å². The van der Waals surface area contributed by atoms with Crippen LogP contribution in [0, 0.1) is 13.8 Å². The number of aromatic nitrogens is 4. The molecule has 0 aliphatic carbocycles. The Morgan fingerprint density at radius 2 is 1.96 bits per heavy atom. The van der Waals surface area contributed by atoms with Crippen LogP contribution in [-0.4, -0.2) is 25.9 Å². The van der Waals surface area contributed by atoms with Crippen LogP contribution in [0.3, 0.4) is 0 Å². The Kier molecular flexibility index (Phi) is 4.65. The van der Waals surface area contributed by atoms with Gasteiger partial charge in [-0.3, -0.25) is 0 Å². The topological polar surface area (TPSA) is 83.0 Å². The summed E-state index contributed by atoms with van der Waals surface area (Å²) in [5, 5.41) is 8.30. The highest BCUT2D eigenvalue weighted by atomic mass is 16.6. The molecular formula is C18H20N4O3. The van der Waals surface area contributed by atoms with E-state index in [4.69, 9.17) is 9.26 Å². The number of hydrogen-bond acceptors (Lipinski definition) is 6. The monoisotopic (exact) mass is 340 g/mol. The van der Waals surface area contributed by atoms with Crippen LogP contribution < -0.4 is 0 Å². The van der Waals surface area contributed by atoms with Gasteiger partial charge in [-0.15, -0.1) is 0 Å². The van der Waals surface area contributed by atoms with Crippen molar-refractivity contribution in [2.75, 3.05) is 0 Å². The third-order valence-corrected chi connectivity index (χ3v) is 3.82. The van der Waals surface area contributed by atoms with Crippen LogP contribution in [0.4, 0.5) is 0 Å². The molecule has 0 atom stereocenters. The zero-order valence-corrected chi connectivity index (χ0v) is 14.7. The summed E-state index contributed by atoms with van der Waals surface area (Å²) in [6, 6.07) is 9.64. The molecule has 0 N–H and O–H groups in total. The van der Waals surface area contributed by atoms with Gasteiger partial charge in [0.25, 0.3) is 5.89 Å². The Bertz CT molecular complexity index is 881. The lowest BCUT2D eigenvalue weighted by molar-refractivity contribution is 0.0428. The Morgan fingerprint density at radius 1 is 1.24 bits per heavy atom. The number of rotatable bonds is 5. The van der Waals surface area contributed by atoms with Gasteiger partial charge in [0.1, 0.15) is 5.56 Å². The minimum atomic E-state index is -0.457. The van der Waals surface area contributed by atoms with Gasteiger partial charge in [0.05, 0.1) is 17.1 Å². The second-order valence-electron chi connectivity index (χ2n) is 6.07. The molecule has 0 aliphatic rings. The maximum atomic E-state index is 12.5.